The Morgan fingerprint density at radius 2 is 1.73 bits per heavy atom. The van der Waals surface area contributed by atoms with Gasteiger partial charge in [-0.1, -0.05) is 6.42 Å². The number of carbonyl (C=O) groups is 1. The van der Waals surface area contributed by atoms with Crippen LogP contribution in [0.15, 0.2) is 18.2 Å². The van der Waals surface area contributed by atoms with Crippen molar-refractivity contribution in [1.29, 1.82) is 0 Å². The summed E-state index contributed by atoms with van der Waals surface area (Å²) in [5.41, 5.74) is -3.17. The number of anilines is 1. The summed E-state index contributed by atoms with van der Waals surface area (Å²) in [5.74, 6) is 0.398. The molecule has 0 aromatic heterocycles. The number of rotatable bonds is 5. The van der Waals surface area contributed by atoms with Crippen molar-refractivity contribution in [3.8, 4) is 0 Å². The Balaban J connectivity index is 1.18. The number of carbonyl (C=O) groups excluding carboxylic acids is 1. The van der Waals surface area contributed by atoms with E-state index in [1.165, 1.54) is 0 Å². The van der Waals surface area contributed by atoms with Crippen LogP contribution in [0.1, 0.15) is 56.1 Å². The standard InChI is InChI=1S/C29H37F6N3O3/c1-36(24-5-7-41-16-25(24)40-2)21-9-17-4-3-6-27(17,13-21)26(39)38-15-22-12-23(38)14-37(22)20-10-18(28(30,31)32)8-19(11-20)29(33,34)35/h8,10-11,17,21-25H,3-7,9,12-16H2,1-2H3/t17-,21-,22-,23+,24+,25-,27-/m1/s1. The van der Waals surface area contributed by atoms with Crippen LogP contribution in [0.5, 0.6) is 0 Å². The van der Waals surface area contributed by atoms with Crippen LogP contribution >= 0.6 is 0 Å². The van der Waals surface area contributed by atoms with Crippen molar-refractivity contribution in [2.45, 2.75) is 87.6 Å². The van der Waals surface area contributed by atoms with Gasteiger partial charge in [0.15, 0.2) is 0 Å². The number of ether oxygens (including phenoxy) is 2. The fourth-order valence-corrected chi connectivity index (χ4v) is 8.55. The molecule has 6 rings (SSSR count). The van der Waals surface area contributed by atoms with E-state index in [1.807, 2.05) is 4.90 Å². The third kappa shape index (κ3) is 5.01. The molecule has 0 N–H and O–H groups in total. The summed E-state index contributed by atoms with van der Waals surface area (Å²) in [6, 6.07) is 1.69. The third-order valence-electron chi connectivity index (χ3n) is 10.6. The Bertz CT molecular complexity index is 1130. The Kier molecular flexibility index (Phi) is 7.29. The van der Waals surface area contributed by atoms with Gasteiger partial charge in [-0.25, -0.2) is 0 Å². The van der Waals surface area contributed by atoms with Crippen LogP contribution in [-0.2, 0) is 26.6 Å². The summed E-state index contributed by atoms with van der Waals surface area (Å²) < 4.78 is 92.1. The molecule has 1 aromatic carbocycles. The lowest BCUT2D eigenvalue weighted by Gasteiger charge is -2.42. The minimum Gasteiger partial charge on any atom is -0.379 e. The van der Waals surface area contributed by atoms with E-state index in [9.17, 15) is 31.1 Å². The third-order valence-corrected chi connectivity index (χ3v) is 10.6. The molecule has 5 fully saturated rings. The van der Waals surface area contributed by atoms with E-state index in [-0.39, 0.29) is 60.4 Å². The van der Waals surface area contributed by atoms with Gasteiger partial charge in [0.05, 0.1) is 35.3 Å². The van der Waals surface area contributed by atoms with Crippen LogP contribution in [0, 0.1) is 11.3 Å². The minimum absolute atomic E-state index is 0.0187. The van der Waals surface area contributed by atoms with E-state index in [0.29, 0.717) is 26.2 Å². The van der Waals surface area contributed by atoms with E-state index in [4.69, 9.17) is 9.47 Å². The first-order chi connectivity index (χ1) is 19.3. The number of piperazine rings is 1. The SMILES string of the molecule is CO[C@@H]1COCC[C@@H]1N(C)[C@@H]1C[C@H]2CCC[C@@]2(C(=O)N2C[C@H]3C[C@H]2CN3c2cc(C(F)(F)F)cc(C(F)(F)F)c2)C1. The highest BCUT2D eigenvalue weighted by molar-refractivity contribution is 5.85. The molecule has 2 bridgehead atoms. The van der Waals surface area contributed by atoms with Crippen LogP contribution in [0.2, 0.25) is 0 Å². The van der Waals surface area contributed by atoms with E-state index in [1.54, 1.807) is 12.0 Å². The number of alkyl halides is 6. The Labute approximate surface area is 235 Å². The second-order valence-electron chi connectivity index (χ2n) is 12.6. The number of likely N-dealkylation sites (tertiary alicyclic amines) is 1. The van der Waals surface area contributed by atoms with Gasteiger partial charge in [0.1, 0.15) is 0 Å². The van der Waals surface area contributed by atoms with E-state index < -0.39 is 28.9 Å². The smallest absolute Gasteiger partial charge is 0.379 e. The van der Waals surface area contributed by atoms with Gasteiger partial charge in [-0.3, -0.25) is 9.69 Å². The molecule has 1 amide bonds. The first-order valence-corrected chi connectivity index (χ1v) is 14.5. The molecule has 2 saturated carbocycles. The molecule has 5 aliphatic rings. The van der Waals surface area contributed by atoms with Gasteiger partial charge >= 0.3 is 12.4 Å². The molecule has 3 saturated heterocycles. The molecule has 2 aliphatic carbocycles. The topological polar surface area (TPSA) is 45.3 Å². The summed E-state index contributed by atoms with van der Waals surface area (Å²) in [5, 5.41) is 0. The molecule has 6 nitrogen and oxygen atoms in total. The number of fused-ring (bicyclic) bond motifs is 3. The molecule has 1 aromatic rings. The van der Waals surface area contributed by atoms with Crippen molar-refractivity contribution in [2.75, 3.05) is 45.4 Å². The molecule has 41 heavy (non-hydrogen) atoms. The average Bonchev–Trinajstić information content (AvgIpc) is 3.71. The van der Waals surface area contributed by atoms with Crippen LogP contribution in [0.4, 0.5) is 32.0 Å². The zero-order chi connectivity index (χ0) is 29.3. The Morgan fingerprint density at radius 3 is 2.34 bits per heavy atom. The Hall–Kier alpha value is -2.05. The number of amides is 1. The molecule has 12 heteroatoms. The van der Waals surface area contributed by atoms with Crippen molar-refractivity contribution in [1.82, 2.24) is 9.80 Å². The number of hydrogen-bond donors (Lipinski definition) is 0. The fourth-order valence-electron chi connectivity index (χ4n) is 8.55. The predicted octanol–water partition coefficient (Wildman–Crippen LogP) is 5.20. The zero-order valence-corrected chi connectivity index (χ0v) is 23.3. The summed E-state index contributed by atoms with van der Waals surface area (Å²) in [4.78, 5) is 20.2. The van der Waals surface area contributed by atoms with Crippen LogP contribution in [0.25, 0.3) is 0 Å². The number of methoxy groups -OCH3 is 1. The maximum absolute atomic E-state index is 14.3. The van der Waals surface area contributed by atoms with Gasteiger partial charge in [-0.2, -0.15) is 26.3 Å². The quantitative estimate of drug-likeness (QED) is 0.442. The summed E-state index contributed by atoms with van der Waals surface area (Å²) in [6.45, 7) is 1.78. The van der Waals surface area contributed by atoms with Gasteiger partial charge < -0.3 is 19.3 Å². The molecule has 3 heterocycles. The molecule has 3 aliphatic heterocycles. The molecule has 0 spiro atoms. The largest absolute Gasteiger partial charge is 0.416 e. The van der Waals surface area contributed by atoms with Gasteiger partial charge in [0.2, 0.25) is 5.91 Å². The van der Waals surface area contributed by atoms with Crippen molar-refractivity contribution < 1.29 is 40.6 Å². The first-order valence-electron chi connectivity index (χ1n) is 14.5. The second kappa shape index (κ2) is 10.3. The fraction of sp³-hybridized carbons (Fsp3) is 0.759. The van der Waals surface area contributed by atoms with Crippen molar-refractivity contribution in [2.24, 2.45) is 11.3 Å². The first kappa shape index (κ1) is 29.0. The summed E-state index contributed by atoms with van der Waals surface area (Å²) in [7, 11) is 3.81. The number of hydrogen-bond acceptors (Lipinski definition) is 5. The van der Waals surface area contributed by atoms with Gasteiger partial charge in [-0.05, 0) is 69.7 Å². The normalized spacial score (nSPS) is 35.5. The summed E-state index contributed by atoms with van der Waals surface area (Å²) in [6.07, 6.45) is -3.88. The van der Waals surface area contributed by atoms with E-state index in [2.05, 4.69) is 11.9 Å². The maximum Gasteiger partial charge on any atom is 0.416 e. The van der Waals surface area contributed by atoms with Gasteiger partial charge in [-0.15, -0.1) is 0 Å². The number of halogens is 6. The maximum atomic E-state index is 14.3. The van der Waals surface area contributed by atoms with E-state index >= 15 is 0 Å². The van der Waals surface area contributed by atoms with Crippen molar-refractivity contribution in [3.63, 3.8) is 0 Å². The lowest BCUT2D eigenvalue weighted by Crippen LogP contribution is -2.54. The zero-order valence-electron chi connectivity index (χ0n) is 23.3. The van der Waals surface area contributed by atoms with Crippen LogP contribution in [-0.4, -0.2) is 86.4 Å². The second-order valence-corrected chi connectivity index (χ2v) is 12.6. The highest BCUT2D eigenvalue weighted by atomic mass is 19.4. The molecule has 228 valence electrons. The van der Waals surface area contributed by atoms with Crippen molar-refractivity contribution >= 4 is 11.6 Å². The van der Waals surface area contributed by atoms with Crippen LogP contribution in [0.3, 0.4) is 0 Å². The van der Waals surface area contributed by atoms with Gasteiger partial charge in [0, 0.05) is 50.6 Å². The lowest BCUT2D eigenvalue weighted by atomic mass is 9.78. The predicted molar refractivity (Wildman–Crippen MR) is 138 cm³/mol. The molecular formula is C29H37F6N3O3. The monoisotopic (exact) mass is 589 g/mol. The lowest BCUT2D eigenvalue weighted by molar-refractivity contribution is -0.145. The highest BCUT2D eigenvalue weighted by Gasteiger charge is 2.60. The minimum atomic E-state index is -4.90. The Morgan fingerprint density at radius 1 is 1.02 bits per heavy atom. The summed E-state index contributed by atoms with van der Waals surface area (Å²) >= 11 is 0. The van der Waals surface area contributed by atoms with Crippen LogP contribution < -0.4 is 4.90 Å². The van der Waals surface area contributed by atoms with Gasteiger partial charge in [0.25, 0.3) is 0 Å². The van der Waals surface area contributed by atoms with Crippen molar-refractivity contribution in [3.05, 3.63) is 29.3 Å². The highest BCUT2D eigenvalue weighted by Crippen LogP contribution is 2.57. The molecular weight excluding hydrogens is 552 g/mol. The number of benzene rings is 1. The number of likely N-dealkylation sites (N-methyl/N-ethyl adjacent to an activating group) is 1. The molecule has 0 radical (unpaired) electrons. The molecule has 7 atom stereocenters. The van der Waals surface area contributed by atoms with E-state index in [0.717, 1.165) is 50.7 Å². The molecule has 0 unspecified atom stereocenters. The average molecular weight is 590 g/mol. The number of nitrogens with zero attached hydrogens (tertiary/aromatic N) is 3.